The van der Waals surface area contributed by atoms with E-state index < -0.39 is 16.1 Å². The number of rotatable bonds is 5. The van der Waals surface area contributed by atoms with Crippen LogP contribution >= 0.6 is 0 Å². The van der Waals surface area contributed by atoms with Crippen LogP contribution in [-0.2, 0) is 14.8 Å². The van der Waals surface area contributed by atoms with E-state index >= 15 is 0 Å². The zero-order chi connectivity index (χ0) is 14.6. The topological polar surface area (TPSA) is 92.5 Å². The molecule has 0 aromatic rings. The van der Waals surface area contributed by atoms with Gasteiger partial charge >= 0.3 is 0 Å². The average Bonchev–Trinajstić information content (AvgIpc) is 2.34. The van der Waals surface area contributed by atoms with Crippen molar-refractivity contribution in [3.63, 3.8) is 0 Å². The van der Waals surface area contributed by atoms with E-state index in [1.807, 2.05) is 13.8 Å². The van der Waals surface area contributed by atoms with Gasteiger partial charge < -0.3 is 10.6 Å². The summed E-state index contributed by atoms with van der Waals surface area (Å²) < 4.78 is 24.8. The van der Waals surface area contributed by atoms with E-state index in [0.717, 1.165) is 25.5 Å². The summed E-state index contributed by atoms with van der Waals surface area (Å²) in [4.78, 5) is 14.0. The second-order valence-electron chi connectivity index (χ2n) is 5.57. The summed E-state index contributed by atoms with van der Waals surface area (Å²) in [7, 11) is -3.23. The Kier molecular flexibility index (Phi) is 5.76. The van der Waals surface area contributed by atoms with Crippen molar-refractivity contribution in [1.82, 2.24) is 9.62 Å². The average molecular weight is 291 g/mol. The van der Waals surface area contributed by atoms with Crippen molar-refractivity contribution >= 4 is 15.9 Å². The lowest BCUT2D eigenvalue weighted by Crippen LogP contribution is -2.55. The Morgan fingerprint density at radius 3 is 2.58 bits per heavy atom. The highest BCUT2D eigenvalue weighted by atomic mass is 32.2. The van der Waals surface area contributed by atoms with E-state index in [4.69, 9.17) is 5.73 Å². The first-order valence-electron chi connectivity index (χ1n) is 6.73. The van der Waals surface area contributed by atoms with Crippen LogP contribution in [0.4, 0.5) is 0 Å². The van der Waals surface area contributed by atoms with Gasteiger partial charge in [-0.3, -0.25) is 4.79 Å². The molecule has 0 saturated carbocycles. The van der Waals surface area contributed by atoms with Crippen LogP contribution in [0.5, 0.6) is 0 Å². The summed E-state index contributed by atoms with van der Waals surface area (Å²) in [5.74, 6) is 0.00736. The third kappa shape index (κ3) is 5.08. The van der Waals surface area contributed by atoms with Gasteiger partial charge in [-0.05, 0) is 25.2 Å². The summed E-state index contributed by atoms with van der Waals surface area (Å²) in [5.41, 5.74) is 5.91. The van der Waals surface area contributed by atoms with Gasteiger partial charge in [0.15, 0.2) is 0 Å². The highest BCUT2D eigenvalue weighted by Gasteiger charge is 2.31. The molecular formula is C12H25N3O3S. The molecule has 1 rings (SSSR count). The number of piperidine rings is 1. The molecule has 19 heavy (non-hydrogen) atoms. The first-order chi connectivity index (χ1) is 8.72. The maximum absolute atomic E-state index is 12.3. The Morgan fingerprint density at radius 1 is 1.42 bits per heavy atom. The maximum atomic E-state index is 12.3. The first-order valence-corrected chi connectivity index (χ1v) is 8.62. The van der Waals surface area contributed by atoms with Crippen molar-refractivity contribution in [1.29, 1.82) is 0 Å². The molecule has 3 N–H and O–H groups in total. The molecule has 1 saturated heterocycles. The van der Waals surface area contributed by atoms with Gasteiger partial charge in [-0.25, -0.2) is 13.1 Å². The molecule has 0 spiro atoms. The number of sulfonamides is 1. The fourth-order valence-corrected chi connectivity index (χ4v) is 2.72. The Hall–Kier alpha value is -0.660. The van der Waals surface area contributed by atoms with Crippen molar-refractivity contribution < 1.29 is 13.2 Å². The number of nitrogens with zero attached hydrogens (tertiary/aromatic N) is 1. The lowest BCUT2D eigenvalue weighted by atomic mass is 9.98. The molecule has 1 aliphatic heterocycles. The third-order valence-corrected chi connectivity index (χ3v) is 4.19. The van der Waals surface area contributed by atoms with Crippen molar-refractivity contribution in [2.24, 2.45) is 11.7 Å². The zero-order valence-electron chi connectivity index (χ0n) is 11.9. The predicted molar refractivity (Wildman–Crippen MR) is 75.0 cm³/mol. The van der Waals surface area contributed by atoms with Crippen LogP contribution in [0.2, 0.25) is 0 Å². The van der Waals surface area contributed by atoms with Gasteiger partial charge in [-0.1, -0.05) is 13.8 Å². The van der Waals surface area contributed by atoms with E-state index in [9.17, 15) is 13.2 Å². The second-order valence-corrected chi connectivity index (χ2v) is 7.40. The Balaban J connectivity index is 2.69. The molecule has 1 amide bonds. The summed E-state index contributed by atoms with van der Waals surface area (Å²) in [6, 6.07) is -0.598. The van der Waals surface area contributed by atoms with E-state index in [-0.39, 0.29) is 24.4 Å². The van der Waals surface area contributed by atoms with E-state index in [2.05, 4.69) is 4.72 Å². The minimum absolute atomic E-state index is 0.0741. The number of amides is 1. The highest BCUT2D eigenvalue weighted by Crippen LogP contribution is 2.18. The molecule has 7 heteroatoms. The molecule has 0 bridgehead atoms. The van der Waals surface area contributed by atoms with Crippen molar-refractivity contribution in [3.8, 4) is 0 Å². The largest absolute Gasteiger partial charge is 0.337 e. The molecule has 0 aromatic carbocycles. The number of nitrogens with two attached hydrogens (primary N) is 1. The number of carbonyl (C=O) groups is 1. The molecule has 1 fully saturated rings. The minimum atomic E-state index is -3.23. The van der Waals surface area contributed by atoms with Gasteiger partial charge in [-0.2, -0.15) is 0 Å². The Bertz CT molecular complexity index is 408. The first kappa shape index (κ1) is 16.4. The van der Waals surface area contributed by atoms with Crippen LogP contribution in [0.1, 0.15) is 33.1 Å². The van der Waals surface area contributed by atoms with Crippen molar-refractivity contribution in [2.75, 3.05) is 19.3 Å². The summed E-state index contributed by atoms with van der Waals surface area (Å²) >= 11 is 0. The number of nitrogens with one attached hydrogen (secondary N) is 1. The van der Waals surface area contributed by atoms with Crippen LogP contribution in [0.15, 0.2) is 0 Å². The van der Waals surface area contributed by atoms with Gasteiger partial charge in [0.1, 0.15) is 0 Å². The molecule has 6 nitrogen and oxygen atoms in total. The molecule has 2 unspecified atom stereocenters. The van der Waals surface area contributed by atoms with E-state index in [1.54, 1.807) is 4.90 Å². The number of likely N-dealkylation sites (tertiary alicyclic amines) is 1. The monoisotopic (exact) mass is 291 g/mol. The summed E-state index contributed by atoms with van der Waals surface area (Å²) in [6.07, 6.45) is 3.91. The molecule has 1 aliphatic rings. The summed E-state index contributed by atoms with van der Waals surface area (Å²) in [5, 5.41) is 0. The lowest BCUT2D eigenvalue weighted by molar-refractivity contribution is -0.137. The third-order valence-electron chi connectivity index (χ3n) is 3.49. The van der Waals surface area contributed by atoms with Gasteiger partial charge in [0.25, 0.3) is 0 Å². The fraction of sp³-hybridized carbons (Fsp3) is 0.917. The number of hydrogen-bond acceptors (Lipinski definition) is 4. The SMILES string of the molecule is CC(C)C(N)C(=O)N1CCCCC1CNS(C)(=O)=O. The van der Waals surface area contributed by atoms with Crippen LogP contribution in [-0.4, -0.2) is 50.7 Å². The van der Waals surface area contributed by atoms with Crippen molar-refractivity contribution in [2.45, 2.75) is 45.2 Å². The number of carbonyl (C=O) groups excluding carboxylic acids is 1. The molecular weight excluding hydrogens is 266 g/mol. The molecule has 0 aliphatic carbocycles. The van der Waals surface area contributed by atoms with Crippen LogP contribution in [0.25, 0.3) is 0 Å². The quantitative estimate of drug-likeness (QED) is 0.740. The standard InChI is InChI=1S/C12H25N3O3S/c1-9(2)11(13)12(16)15-7-5-4-6-10(15)8-14-19(3,17)18/h9-11,14H,4-8,13H2,1-3H3. The fourth-order valence-electron chi connectivity index (χ4n) is 2.23. The van der Waals surface area contributed by atoms with E-state index in [1.165, 1.54) is 0 Å². The van der Waals surface area contributed by atoms with Crippen LogP contribution in [0, 0.1) is 5.92 Å². The molecule has 0 aromatic heterocycles. The predicted octanol–water partition coefficient (Wildman–Crippen LogP) is -0.1000. The molecule has 112 valence electrons. The highest BCUT2D eigenvalue weighted by molar-refractivity contribution is 7.88. The summed E-state index contributed by atoms with van der Waals surface area (Å²) in [6.45, 7) is 4.76. The van der Waals surface area contributed by atoms with Gasteiger partial charge in [0.2, 0.25) is 15.9 Å². The van der Waals surface area contributed by atoms with Gasteiger partial charge in [0, 0.05) is 19.1 Å². The minimum Gasteiger partial charge on any atom is -0.337 e. The maximum Gasteiger partial charge on any atom is 0.240 e. The normalized spacial score (nSPS) is 22.6. The van der Waals surface area contributed by atoms with E-state index in [0.29, 0.717) is 6.54 Å². The number of hydrogen-bond donors (Lipinski definition) is 2. The second kappa shape index (κ2) is 6.67. The van der Waals surface area contributed by atoms with Gasteiger partial charge in [-0.15, -0.1) is 0 Å². The van der Waals surface area contributed by atoms with Gasteiger partial charge in [0.05, 0.1) is 12.3 Å². The molecule has 0 radical (unpaired) electrons. The van der Waals surface area contributed by atoms with Crippen LogP contribution in [0.3, 0.4) is 0 Å². The molecule has 1 heterocycles. The zero-order valence-corrected chi connectivity index (χ0v) is 12.7. The smallest absolute Gasteiger partial charge is 0.240 e. The lowest BCUT2D eigenvalue weighted by Gasteiger charge is -2.37. The van der Waals surface area contributed by atoms with Crippen LogP contribution < -0.4 is 10.5 Å². The molecule has 2 atom stereocenters. The Labute approximate surface area is 115 Å². The Morgan fingerprint density at radius 2 is 2.05 bits per heavy atom. The van der Waals surface area contributed by atoms with Crippen molar-refractivity contribution in [3.05, 3.63) is 0 Å².